The van der Waals surface area contributed by atoms with E-state index in [0.29, 0.717) is 22.0 Å². The second-order valence-electron chi connectivity index (χ2n) is 7.58. The monoisotopic (exact) mass is 449 g/mol. The number of carbonyl (C=O) groups is 2. The van der Waals surface area contributed by atoms with Crippen LogP contribution in [0.2, 0.25) is 0 Å². The van der Waals surface area contributed by atoms with Gasteiger partial charge in [0, 0.05) is 17.1 Å². The van der Waals surface area contributed by atoms with Gasteiger partial charge in [-0.05, 0) is 86.8 Å². The van der Waals surface area contributed by atoms with Crippen molar-refractivity contribution in [3.05, 3.63) is 76.5 Å². The summed E-state index contributed by atoms with van der Waals surface area (Å²) in [5.74, 6) is 0.436. The van der Waals surface area contributed by atoms with Gasteiger partial charge in [0.15, 0.2) is 0 Å². The number of nitrogens with one attached hydrogen (secondary N) is 2. The fraction of sp³-hybridized carbons (Fsp3) is 0.240. The van der Waals surface area contributed by atoms with E-state index < -0.39 is 0 Å². The highest BCUT2D eigenvalue weighted by Gasteiger charge is 2.19. The van der Waals surface area contributed by atoms with Crippen LogP contribution < -0.4 is 15.4 Å². The smallest absolute Gasteiger partial charge is 0.258 e. The van der Waals surface area contributed by atoms with Crippen molar-refractivity contribution in [3.63, 3.8) is 0 Å². The van der Waals surface area contributed by atoms with Crippen molar-refractivity contribution in [2.45, 2.75) is 32.7 Å². The van der Waals surface area contributed by atoms with Gasteiger partial charge in [0.1, 0.15) is 10.8 Å². The number of nitrogens with zero attached hydrogens (tertiary/aromatic N) is 1. The third-order valence-electron chi connectivity index (χ3n) is 5.02. The van der Waals surface area contributed by atoms with Gasteiger partial charge >= 0.3 is 0 Å². The van der Waals surface area contributed by atoms with Crippen LogP contribution in [0.15, 0.2) is 53.6 Å². The van der Waals surface area contributed by atoms with Crippen molar-refractivity contribution in [1.82, 2.24) is 4.98 Å². The molecule has 0 saturated heterocycles. The molecule has 0 fully saturated rings. The first kappa shape index (κ1) is 23.3. The first-order valence-electron chi connectivity index (χ1n) is 10.2. The average molecular weight is 450 g/mol. The summed E-state index contributed by atoms with van der Waals surface area (Å²) in [6, 6.07) is 14.8. The number of benzene rings is 2. The average Bonchev–Trinajstić information content (AvgIpc) is 2.75. The maximum atomic E-state index is 13.0. The van der Waals surface area contributed by atoms with Gasteiger partial charge in [0.2, 0.25) is 5.91 Å². The Labute approximate surface area is 192 Å². The lowest BCUT2D eigenvalue weighted by Gasteiger charge is -2.13. The fourth-order valence-corrected chi connectivity index (χ4v) is 4.15. The Balaban J connectivity index is 1.73. The lowest BCUT2D eigenvalue weighted by Crippen LogP contribution is -2.18. The van der Waals surface area contributed by atoms with Crippen LogP contribution in [-0.4, -0.2) is 29.7 Å². The molecule has 32 heavy (non-hydrogen) atoms. The van der Waals surface area contributed by atoms with E-state index in [9.17, 15) is 9.59 Å². The summed E-state index contributed by atoms with van der Waals surface area (Å²) in [4.78, 5) is 30.1. The van der Waals surface area contributed by atoms with Crippen molar-refractivity contribution in [1.29, 1.82) is 0 Å². The maximum Gasteiger partial charge on any atom is 0.258 e. The molecule has 0 aliphatic carbocycles. The predicted octanol–water partition coefficient (Wildman–Crippen LogP) is 5.31. The molecule has 0 spiro atoms. The minimum Gasteiger partial charge on any atom is -0.497 e. The summed E-state index contributed by atoms with van der Waals surface area (Å²) in [5.41, 5.74) is 5.76. The quantitative estimate of drug-likeness (QED) is 0.478. The van der Waals surface area contributed by atoms with E-state index in [1.165, 1.54) is 17.3 Å². The van der Waals surface area contributed by atoms with Crippen LogP contribution in [0.5, 0.6) is 5.75 Å². The highest BCUT2D eigenvalue weighted by atomic mass is 32.2. The van der Waals surface area contributed by atoms with Gasteiger partial charge in [-0.25, -0.2) is 4.98 Å². The van der Waals surface area contributed by atoms with Crippen LogP contribution in [0.25, 0.3) is 0 Å². The molecule has 166 valence electrons. The SMILES string of the molecule is COc1ccc(NC(=O)c2c(C)cc(C)nc2SCC(=O)Nc2ccc(C)c(C)c2)cc1. The summed E-state index contributed by atoms with van der Waals surface area (Å²) in [5, 5.41) is 6.34. The van der Waals surface area contributed by atoms with Gasteiger partial charge in [-0.1, -0.05) is 17.8 Å². The number of ether oxygens (including phenoxy) is 1. The van der Waals surface area contributed by atoms with Crippen LogP contribution in [0.3, 0.4) is 0 Å². The summed E-state index contributed by atoms with van der Waals surface area (Å²) < 4.78 is 5.16. The van der Waals surface area contributed by atoms with Gasteiger partial charge in [0.05, 0.1) is 18.4 Å². The number of carbonyl (C=O) groups excluding carboxylic acids is 2. The lowest BCUT2D eigenvalue weighted by molar-refractivity contribution is -0.113. The topological polar surface area (TPSA) is 80.3 Å². The Morgan fingerprint density at radius 1 is 0.875 bits per heavy atom. The van der Waals surface area contributed by atoms with Crippen LogP contribution in [0, 0.1) is 27.7 Å². The first-order chi connectivity index (χ1) is 15.3. The molecular formula is C25H27N3O3S. The van der Waals surface area contributed by atoms with Crippen molar-refractivity contribution in [3.8, 4) is 5.75 Å². The number of methoxy groups -OCH3 is 1. The van der Waals surface area contributed by atoms with Gasteiger partial charge in [-0.3, -0.25) is 9.59 Å². The molecule has 1 heterocycles. The van der Waals surface area contributed by atoms with E-state index in [2.05, 4.69) is 15.6 Å². The van der Waals surface area contributed by atoms with E-state index in [1.54, 1.807) is 31.4 Å². The molecule has 3 rings (SSSR count). The number of aryl methyl sites for hydroxylation is 4. The van der Waals surface area contributed by atoms with E-state index in [4.69, 9.17) is 4.74 Å². The number of thioether (sulfide) groups is 1. The Morgan fingerprint density at radius 2 is 1.56 bits per heavy atom. The molecule has 7 heteroatoms. The molecular weight excluding hydrogens is 422 g/mol. The molecule has 0 atom stereocenters. The fourth-order valence-electron chi connectivity index (χ4n) is 3.20. The van der Waals surface area contributed by atoms with E-state index in [0.717, 1.165) is 22.5 Å². The van der Waals surface area contributed by atoms with E-state index in [-0.39, 0.29) is 17.6 Å². The molecule has 2 N–H and O–H groups in total. The summed E-state index contributed by atoms with van der Waals surface area (Å²) in [6.45, 7) is 7.78. The van der Waals surface area contributed by atoms with Gasteiger partial charge < -0.3 is 15.4 Å². The second-order valence-corrected chi connectivity index (χ2v) is 8.54. The van der Waals surface area contributed by atoms with Crippen molar-refractivity contribution in [2.24, 2.45) is 0 Å². The highest BCUT2D eigenvalue weighted by Crippen LogP contribution is 2.26. The van der Waals surface area contributed by atoms with Gasteiger partial charge in [-0.2, -0.15) is 0 Å². The minimum atomic E-state index is -0.266. The van der Waals surface area contributed by atoms with Crippen molar-refractivity contribution >= 4 is 35.0 Å². The molecule has 1 aromatic heterocycles. The normalized spacial score (nSPS) is 10.5. The molecule has 6 nitrogen and oxygen atoms in total. The zero-order valence-corrected chi connectivity index (χ0v) is 19.7. The van der Waals surface area contributed by atoms with Gasteiger partial charge in [-0.15, -0.1) is 0 Å². The number of rotatable bonds is 7. The molecule has 0 saturated carbocycles. The molecule has 0 aliphatic rings. The summed E-state index contributed by atoms with van der Waals surface area (Å²) in [6.07, 6.45) is 0. The van der Waals surface area contributed by atoms with Crippen LogP contribution in [0.4, 0.5) is 11.4 Å². The standard InChI is InChI=1S/C25H27N3O3S/c1-15-6-7-20(13-16(15)2)27-22(29)14-32-25-23(17(3)12-18(4)26-25)24(30)28-19-8-10-21(31-5)11-9-19/h6-13H,14H2,1-5H3,(H,27,29)(H,28,30). The number of anilines is 2. The number of hydrogen-bond acceptors (Lipinski definition) is 5. The van der Waals surface area contributed by atoms with Crippen LogP contribution in [-0.2, 0) is 4.79 Å². The van der Waals surface area contributed by atoms with E-state index in [1.807, 2.05) is 52.0 Å². The molecule has 0 unspecified atom stereocenters. The lowest BCUT2D eigenvalue weighted by atomic mass is 10.1. The second kappa shape index (κ2) is 10.3. The third-order valence-corrected chi connectivity index (χ3v) is 5.99. The zero-order valence-electron chi connectivity index (χ0n) is 18.9. The van der Waals surface area contributed by atoms with Gasteiger partial charge in [0.25, 0.3) is 5.91 Å². The molecule has 2 amide bonds. The van der Waals surface area contributed by atoms with Crippen LogP contribution in [0.1, 0.15) is 32.7 Å². The Morgan fingerprint density at radius 3 is 2.22 bits per heavy atom. The Bertz CT molecular complexity index is 1140. The number of pyridine rings is 1. The molecule has 2 aromatic carbocycles. The first-order valence-corrected chi connectivity index (χ1v) is 11.2. The molecule has 0 aliphatic heterocycles. The highest BCUT2D eigenvalue weighted by molar-refractivity contribution is 8.00. The number of amides is 2. The number of aromatic nitrogens is 1. The summed E-state index contributed by atoms with van der Waals surface area (Å²) in [7, 11) is 1.59. The van der Waals surface area contributed by atoms with Crippen LogP contribution >= 0.6 is 11.8 Å². The number of hydrogen-bond donors (Lipinski definition) is 2. The van der Waals surface area contributed by atoms with Crippen molar-refractivity contribution < 1.29 is 14.3 Å². The third kappa shape index (κ3) is 5.88. The largest absolute Gasteiger partial charge is 0.497 e. The summed E-state index contributed by atoms with van der Waals surface area (Å²) >= 11 is 1.25. The Kier molecular flexibility index (Phi) is 7.53. The Hall–Kier alpha value is -3.32. The minimum absolute atomic E-state index is 0.144. The van der Waals surface area contributed by atoms with E-state index >= 15 is 0 Å². The molecule has 0 bridgehead atoms. The van der Waals surface area contributed by atoms with Crippen molar-refractivity contribution in [2.75, 3.05) is 23.5 Å². The molecule has 3 aromatic rings. The maximum absolute atomic E-state index is 13.0. The zero-order chi connectivity index (χ0) is 23.3. The predicted molar refractivity (Wildman–Crippen MR) is 130 cm³/mol. The molecule has 0 radical (unpaired) electrons.